The summed E-state index contributed by atoms with van der Waals surface area (Å²) in [6, 6.07) is 7.90. The number of hydrogen-bond acceptors (Lipinski definition) is 3. The van der Waals surface area contributed by atoms with E-state index in [2.05, 4.69) is 19.2 Å². The number of para-hydroxylation sites is 1. The molecule has 3 nitrogen and oxygen atoms in total. The van der Waals surface area contributed by atoms with Crippen molar-refractivity contribution >= 4 is 0 Å². The minimum Gasteiger partial charge on any atom is -0.496 e. The predicted molar refractivity (Wildman–Crippen MR) is 61.1 cm³/mol. The van der Waals surface area contributed by atoms with E-state index in [0.717, 1.165) is 11.3 Å². The van der Waals surface area contributed by atoms with Crippen LogP contribution in [0.5, 0.6) is 5.75 Å². The molecule has 1 aromatic rings. The van der Waals surface area contributed by atoms with Gasteiger partial charge in [0.25, 0.3) is 0 Å². The molecule has 0 radical (unpaired) electrons. The molecular formula is C12H19NO2. The summed E-state index contributed by atoms with van der Waals surface area (Å²) in [4.78, 5) is 0. The minimum atomic E-state index is -0.524. The van der Waals surface area contributed by atoms with Crippen LogP contribution in [0.3, 0.4) is 0 Å². The maximum absolute atomic E-state index is 9.94. The van der Waals surface area contributed by atoms with Gasteiger partial charge in [-0.25, -0.2) is 0 Å². The number of aliphatic hydroxyl groups is 1. The highest BCUT2D eigenvalue weighted by molar-refractivity contribution is 5.35. The van der Waals surface area contributed by atoms with Crippen LogP contribution >= 0.6 is 0 Å². The summed E-state index contributed by atoms with van der Waals surface area (Å²) in [5, 5.41) is 13.1. The fourth-order valence-electron chi connectivity index (χ4n) is 1.40. The number of methoxy groups -OCH3 is 1. The van der Waals surface area contributed by atoms with Crippen LogP contribution in [0.15, 0.2) is 24.3 Å². The minimum absolute atomic E-state index is 0.370. The molecule has 15 heavy (non-hydrogen) atoms. The molecule has 0 aliphatic heterocycles. The van der Waals surface area contributed by atoms with Crippen molar-refractivity contribution < 1.29 is 9.84 Å². The van der Waals surface area contributed by atoms with E-state index in [4.69, 9.17) is 4.74 Å². The van der Waals surface area contributed by atoms with Gasteiger partial charge in [-0.2, -0.15) is 0 Å². The van der Waals surface area contributed by atoms with E-state index in [-0.39, 0.29) is 0 Å². The van der Waals surface area contributed by atoms with Crippen LogP contribution in [0.2, 0.25) is 0 Å². The SMILES string of the molecule is COc1ccccc1C(O)CNC(C)C. The molecule has 0 spiro atoms. The molecule has 3 heteroatoms. The second kappa shape index (κ2) is 5.73. The first kappa shape index (κ1) is 12.0. The molecule has 1 atom stereocenters. The topological polar surface area (TPSA) is 41.5 Å². The summed E-state index contributed by atoms with van der Waals surface area (Å²) < 4.78 is 5.19. The standard InChI is InChI=1S/C12H19NO2/c1-9(2)13-8-11(14)10-6-4-5-7-12(10)15-3/h4-7,9,11,13-14H,8H2,1-3H3. The van der Waals surface area contributed by atoms with Crippen LogP contribution in [-0.4, -0.2) is 24.8 Å². The Balaban J connectivity index is 2.68. The Labute approximate surface area is 91.1 Å². The van der Waals surface area contributed by atoms with Gasteiger partial charge in [0.1, 0.15) is 5.75 Å². The molecule has 1 unspecified atom stereocenters. The van der Waals surface area contributed by atoms with Crippen molar-refractivity contribution in [2.24, 2.45) is 0 Å². The van der Waals surface area contributed by atoms with Gasteiger partial charge in [0.15, 0.2) is 0 Å². The fourth-order valence-corrected chi connectivity index (χ4v) is 1.40. The molecule has 0 amide bonds. The monoisotopic (exact) mass is 209 g/mol. The van der Waals surface area contributed by atoms with Gasteiger partial charge in [-0.1, -0.05) is 32.0 Å². The molecule has 1 rings (SSSR count). The van der Waals surface area contributed by atoms with Crippen molar-refractivity contribution in [1.82, 2.24) is 5.32 Å². The highest BCUT2D eigenvalue weighted by Gasteiger charge is 2.12. The van der Waals surface area contributed by atoms with Crippen LogP contribution in [0, 0.1) is 0 Å². The molecule has 2 N–H and O–H groups in total. The lowest BCUT2D eigenvalue weighted by molar-refractivity contribution is 0.167. The molecule has 0 aliphatic carbocycles. The largest absolute Gasteiger partial charge is 0.496 e. The van der Waals surface area contributed by atoms with Crippen LogP contribution in [0.4, 0.5) is 0 Å². The average Bonchev–Trinajstić information content (AvgIpc) is 2.25. The third-order valence-corrected chi connectivity index (χ3v) is 2.22. The Morgan fingerprint density at radius 3 is 2.60 bits per heavy atom. The first-order valence-corrected chi connectivity index (χ1v) is 5.19. The zero-order valence-electron chi connectivity index (χ0n) is 9.53. The first-order chi connectivity index (χ1) is 7.15. The number of aliphatic hydroxyl groups excluding tert-OH is 1. The zero-order chi connectivity index (χ0) is 11.3. The normalized spacial score (nSPS) is 12.9. The molecule has 0 bridgehead atoms. The Morgan fingerprint density at radius 1 is 1.33 bits per heavy atom. The molecule has 84 valence electrons. The number of ether oxygens (including phenoxy) is 1. The molecule has 0 fully saturated rings. The van der Waals surface area contributed by atoms with E-state index in [9.17, 15) is 5.11 Å². The van der Waals surface area contributed by atoms with Gasteiger partial charge < -0.3 is 15.2 Å². The van der Waals surface area contributed by atoms with E-state index in [1.54, 1.807) is 7.11 Å². The Morgan fingerprint density at radius 2 is 2.00 bits per heavy atom. The van der Waals surface area contributed by atoms with Crippen molar-refractivity contribution in [1.29, 1.82) is 0 Å². The van der Waals surface area contributed by atoms with Crippen molar-refractivity contribution in [3.05, 3.63) is 29.8 Å². The Bertz CT molecular complexity index is 299. The second-order valence-electron chi connectivity index (χ2n) is 3.82. The van der Waals surface area contributed by atoms with Crippen molar-refractivity contribution in [3.63, 3.8) is 0 Å². The van der Waals surface area contributed by atoms with Gasteiger partial charge in [0.05, 0.1) is 13.2 Å². The second-order valence-corrected chi connectivity index (χ2v) is 3.82. The van der Waals surface area contributed by atoms with Crippen LogP contribution in [-0.2, 0) is 0 Å². The average molecular weight is 209 g/mol. The van der Waals surface area contributed by atoms with E-state index >= 15 is 0 Å². The summed E-state index contributed by atoms with van der Waals surface area (Å²) >= 11 is 0. The smallest absolute Gasteiger partial charge is 0.124 e. The third kappa shape index (κ3) is 3.53. The van der Waals surface area contributed by atoms with Crippen molar-refractivity contribution in [2.75, 3.05) is 13.7 Å². The van der Waals surface area contributed by atoms with Gasteiger partial charge in [0.2, 0.25) is 0 Å². The number of nitrogens with one attached hydrogen (secondary N) is 1. The molecule has 1 aromatic carbocycles. The van der Waals surface area contributed by atoms with Gasteiger partial charge in [-0.15, -0.1) is 0 Å². The molecule has 0 heterocycles. The summed E-state index contributed by atoms with van der Waals surface area (Å²) in [6.45, 7) is 4.64. The molecule has 0 saturated heterocycles. The van der Waals surface area contributed by atoms with Crippen molar-refractivity contribution in [2.45, 2.75) is 26.0 Å². The van der Waals surface area contributed by atoms with E-state index in [1.807, 2.05) is 24.3 Å². The van der Waals surface area contributed by atoms with Gasteiger partial charge in [-0.3, -0.25) is 0 Å². The summed E-state index contributed by atoms with van der Waals surface area (Å²) in [5.74, 6) is 0.732. The summed E-state index contributed by atoms with van der Waals surface area (Å²) in [6.07, 6.45) is -0.524. The van der Waals surface area contributed by atoms with E-state index in [0.29, 0.717) is 12.6 Å². The quantitative estimate of drug-likeness (QED) is 0.776. The lowest BCUT2D eigenvalue weighted by Crippen LogP contribution is -2.28. The Kier molecular flexibility index (Phi) is 4.59. The predicted octanol–water partition coefficient (Wildman–Crippen LogP) is 1.73. The maximum Gasteiger partial charge on any atom is 0.124 e. The molecule has 0 aromatic heterocycles. The van der Waals surface area contributed by atoms with E-state index in [1.165, 1.54) is 0 Å². The number of benzene rings is 1. The highest BCUT2D eigenvalue weighted by atomic mass is 16.5. The van der Waals surface area contributed by atoms with Gasteiger partial charge in [-0.05, 0) is 6.07 Å². The summed E-state index contributed by atoms with van der Waals surface area (Å²) in [7, 11) is 1.61. The van der Waals surface area contributed by atoms with Crippen LogP contribution in [0.25, 0.3) is 0 Å². The molecular weight excluding hydrogens is 190 g/mol. The van der Waals surface area contributed by atoms with E-state index < -0.39 is 6.10 Å². The molecule has 0 saturated carbocycles. The van der Waals surface area contributed by atoms with Crippen LogP contribution < -0.4 is 10.1 Å². The van der Waals surface area contributed by atoms with Crippen LogP contribution in [0.1, 0.15) is 25.5 Å². The highest BCUT2D eigenvalue weighted by Crippen LogP contribution is 2.23. The number of hydrogen-bond donors (Lipinski definition) is 2. The maximum atomic E-state index is 9.94. The van der Waals surface area contributed by atoms with Gasteiger partial charge in [0, 0.05) is 18.2 Å². The van der Waals surface area contributed by atoms with Gasteiger partial charge >= 0.3 is 0 Å². The lowest BCUT2D eigenvalue weighted by Gasteiger charge is -2.16. The van der Waals surface area contributed by atoms with Crippen molar-refractivity contribution in [3.8, 4) is 5.75 Å². The third-order valence-electron chi connectivity index (χ3n) is 2.22. The molecule has 0 aliphatic rings. The fraction of sp³-hybridized carbons (Fsp3) is 0.500. The first-order valence-electron chi connectivity index (χ1n) is 5.19. The zero-order valence-corrected chi connectivity index (χ0v) is 9.53. The Hall–Kier alpha value is -1.06. The lowest BCUT2D eigenvalue weighted by atomic mass is 10.1. The number of rotatable bonds is 5. The summed E-state index contributed by atoms with van der Waals surface area (Å²) in [5.41, 5.74) is 0.827.